The molecule has 2 aromatic heterocycles. The van der Waals surface area contributed by atoms with Gasteiger partial charge in [0.15, 0.2) is 0 Å². The van der Waals surface area contributed by atoms with E-state index in [2.05, 4.69) is 28.6 Å². The number of likely N-dealkylation sites (tertiary alicyclic amines) is 1. The zero-order valence-corrected chi connectivity index (χ0v) is 22.5. The van der Waals surface area contributed by atoms with Crippen LogP contribution in [0.3, 0.4) is 0 Å². The summed E-state index contributed by atoms with van der Waals surface area (Å²) in [6, 6.07) is 19.4. The van der Waals surface area contributed by atoms with E-state index in [4.69, 9.17) is 4.74 Å². The van der Waals surface area contributed by atoms with Crippen molar-refractivity contribution >= 4 is 29.2 Å². The zero-order chi connectivity index (χ0) is 25.4. The maximum Gasteiger partial charge on any atom is 0.258 e. The number of hydrogen-bond donors (Lipinski definition) is 0. The molecule has 0 N–H and O–H groups in total. The third-order valence-electron chi connectivity index (χ3n) is 7.72. The number of hydrogen-bond acceptors (Lipinski definition) is 4. The standard InChI is InChI=1S/C30H32N4O3.ClH/c1-31-27-12-15-33(30(36)20-32-13-5-6-14-32)19-26(27)25-10-9-23(17-28(25)31)34-16-11-24(18-29(34)35)37-21-22-7-3-2-4-8-22;/h2-4,7-11,16-18H,5-6,12-15,19-21H2,1H3;1H. The molecule has 4 heterocycles. The van der Waals surface area contributed by atoms with Crippen LogP contribution < -0.4 is 10.3 Å². The maximum atomic E-state index is 13.0. The average molecular weight is 533 g/mol. The van der Waals surface area contributed by atoms with Crippen molar-refractivity contribution in [3.63, 3.8) is 0 Å². The van der Waals surface area contributed by atoms with Crippen LogP contribution in [0.4, 0.5) is 0 Å². The Bertz CT molecular complexity index is 1510. The van der Waals surface area contributed by atoms with E-state index in [1.807, 2.05) is 47.4 Å². The summed E-state index contributed by atoms with van der Waals surface area (Å²) < 4.78 is 9.69. The number of benzene rings is 2. The van der Waals surface area contributed by atoms with Gasteiger partial charge in [0.1, 0.15) is 12.4 Å². The summed E-state index contributed by atoms with van der Waals surface area (Å²) in [5, 5.41) is 1.15. The minimum atomic E-state index is -0.137. The van der Waals surface area contributed by atoms with Crippen molar-refractivity contribution in [1.29, 1.82) is 0 Å². The minimum absolute atomic E-state index is 0. The van der Waals surface area contributed by atoms with Gasteiger partial charge in [0, 0.05) is 55.5 Å². The van der Waals surface area contributed by atoms with E-state index in [1.165, 1.54) is 30.2 Å². The molecule has 7 nitrogen and oxygen atoms in total. The van der Waals surface area contributed by atoms with Crippen LogP contribution in [0.1, 0.15) is 29.7 Å². The molecule has 2 aromatic carbocycles. The highest BCUT2D eigenvalue weighted by molar-refractivity contribution is 5.88. The van der Waals surface area contributed by atoms with Gasteiger partial charge in [-0.2, -0.15) is 0 Å². The first kappa shape index (κ1) is 26.1. The number of ether oxygens (including phenoxy) is 1. The molecule has 1 fully saturated rings. The molecule has 2 aliphatic heterocycles. The van der Waals surface area contributed by atoms with Crippen LogP contribution in [0, 0.1) is 0 Å². The molecule has 0 bridgehead atoms. The van der Waals surface area contributed by atoms with Crippen molar-refractivity contribution in [2.75, 3.05) is 26.2 Å². The van der Waals surface area contributed by atoms with Crippen molar-refractivity contribution in [1.82, 2.24) is 18.9 Å². The molecule has 198 valence electrons. The molecule has 4 aromatic rings. The maximum absolute atomic E-state index is 13.0. The van der Waals surface area contributed by atoms with Crippen LogP contribution >= 0.6 is 12.4 Å². The van der Waals surface area contributed by atoms with Crippen LogP contribution in [0.5, 0.6) is 5.75 Å². The lowest BCUT2D eigenvalue weighted by atomic mass is 10.0. The Balaban J connectivity index is 0.00000294. The highest BCUT2D eigenvalue weighted by atomic mass is 35.5. The molecule has 0 atom stereocenters. The normalized spacial score (nSPS) is 15.3. The quantitative estimate of drug-likeness (QED) is 0.371. The highest BCUT2D eigenvalue weighted by Gasteiger charge is 2.27. The highest BCUT2D eigenvalue weighted by Crippen LogP contribution is 2.31. The molecular weight excluding hydrogens is 500 g/mol. The molecule has 2 aliphatic rings. The van der Waals surface area contributed by atoms with Gasteiger partial charge < -0.3 is 14.2 Å². The molecule has 0 unspecified atom stereocenters. The SMILES string of the molecule is Cl.Cn1c2c(c3ccc(-n4ccc(OCc5ccccc5)cc4=O)cc31)CN(C(=O)CN1CCCC1)CC2. The van der Waals surface area contributed by atoms with Gasteiger partial charge in [-0.15, -0.1) is 12.4 Å². The third-order valence-corrected chi connectivity index (χ3v) is 7.72. The predicted octanol–water partition coefficient (Wildman–Crippen LogP) is 4.31. The Hall–Kier alpha value is -3.55. The molecule has 1 amide bonds. The Morgan fingerprint density at radius 2 is 1.76 bits per heavy atom. The summed E-state index contributed by atoms with van der Waals surface area (Å²) in [6.45, 7) is 4.40. The number of amides is 1. The molecule has 1 saturated heterocycles. The second kappa shape index (κ2) is 11.1. The summed E-state index contributed by atoms with van der Waals surface area (Å²) in [6.07, 6.45) is 4.99. The monoisotopic (exact) mass is 532 g/mol. The molecule has 38 heavy (non-hydrogen) atoms. The van der Waals surface area contributed by atoms with Crippen LogP contribution in [0.2, 0.25) is 0 Å². The number of halogens is 1. The van der Waals surface area contributed by atoms with Gasteiger partial charge in [-0.05, 0) is 49.7 Å². The van der Waals surface area contributed by atoms with E-state index in [0.717, 1.165) is 48.2 Å². The second-order valence-corrected chi connectivity index (χ2v) is 10.1. The van der Waals surface area contributed by atoms with Gasteiger partial charge in [-0.1, -0.05) is 36.4 Å². The fourth-order valence-electron chi connectivity index (χ4n) is 5.66. The molecule has 8 heteroatoms. The zero-order valence-electron chi connectivity index (χ0n) is 21.6. The molecular formula is C30H33ClN4O3. The first-order chi connectivity index (χ1) is 18.1. The predicted molar refractivity (Wildman–Crippen MR) is 151 cm³/mol. The van der Waals surface area contributed by atoms with Crippen molar-refractivity contribution < 1.29 is 9.53 Å². The Morgan fingerprint density at radius 3 is 2.53 bits per heavy atom. The summed E-state index contributed by atoms with van der Waals surface area (Å²) in [5.74, 6) is 0.779. The van der Waals surface area contributed by atoms with E-state index >= 15 is 0 Å². The molecule has 6 rings (SSSR count). The average Bonchev–Trinajstić information content (AvgIpc) is 3.54. The number of nitrogens with zero attached hydrogens (tertiary/aromatic N) is 4. The van der Waals surface area contributed by atoms with Gasteiger partial charge in [-0.3, -0.25) is 19.1 Å². The van der Waals surface area contributed by atoms with Crippen molar-refractivity contribution in [3.05, 3.63) is 94.0 Å². The van der Waals surface area contributed by atoms with Gasteiger partial charge in [0.05, 0.1) is 17.7 Å². The number of aryl methyl sites for hydroxylation is 1. The summed E-state index contributed by atoms with van der Waals surface area (Å²) in [7, 11) is 2.08. The molecule has 0 aliphatic carbocycles. The summed E-state index contributed by atoms with van der Waals surface area (Å²) in [5.41, 5.74) is 5.31. The fraction of sp³-hybridized carbons (Fsp3) is 0.333. The Labute approximate surface area is 228 Å². The van der Waals surface area contributed by atoms with Crippen molar-refractivity contribution in [2.45, 2.75) is 32.4 Å². The van der Waals surface area contributed by atoms with Crippen molar-refractivity contribution in [3.8, 4) is 11.4 Å². The second-order valence-electron chi connectivity index (χ2n) is 10.1. The number of fused-ring (bicyclic) bond motifs is 3. The lowest BCUT2D eigenvalue weighted by Gasteiger charge is -2.29. The largest absolute Gasteiger partial charge is 0.489 e. The van der Waals surface area contributed by atoms with Gasteiger partial charge in [0.25, 0.3) is 5.56 Å². The Kier molecular flexibility index (Phi) is 7.58. The van der Waals surface area contributed by atoms with Crippen LogP contribution in [-0.2, 0) is 31.4 Å². The molecule has 0 radical (unpaired) electrons. The van der Waals surface area contributed by atoms with E-state index in [9.17, 15) is 9.59 Å². The number of carbonyl (C=O) groups is 1. The molecule has 0 saturated carbocycles. The van der Waals surface area contributed by atoms with Crippen molar-refractivity contribution in [2.24, 2.45) is 7.05 Å². The van der Waals surface area contributed by atoms with E-state index < -0.39 is 0 Å². The number of rotatable bonds is 6. The first-order valence-electron chi connectivity index (χ1n) is 13.1. The molecule has 0 spiro atoms. The Morgan fingerprint density at radius 1 is 0.974 bits per heavy atom. The minimum Gasteiger partial charge on any atom is -0.489 e. The number of pyridine rings is 1. The van der Waals surface area contributed by atoms with Gasteiger partial charge in [0.2, 0.25) is 5.91 Å². The number of carbonyl (C=O) groups excluding carboxylic acids is 1. The lowest BCUT2D eigenvalue weighted by molar-refractivity contribution is -0.133. The summed E-state index contributed by atoms with van der Waals surface area (Å²) in [4.78, 5) is 30.2. The van der Waals surface area contributed by atoms with Gasteiger partial charge in [-0.25, -0.2) is 0 Å². The topological polar surface area (TPSA) is 59.7 Å². The van der Waals surface area contributed by atoms with Crippen LogP contribution in [0.15, 0.2) is 71.7 Å². The number of aromatic nitrogens is 2. The summed E-state index contributed by atoms with van der Waals surface area (Å²) >= 11 is 0. The smallest absolute Gasteiger partial charge is 0.258 e. The lowest BCUT2D eigenvalue weighted by Crippen LogP contribution is -2.42. The van der Waals surface area contributed by atoms with E-state index in [1.54, 1.807) is 10.8 Å². The van der Waals surface area contributed by atoms with E-state index in [0.29, 0.717) is 25.4 Å². The van der Waals surface area contributed by atoms with Gasteiger partial charge >= 0.3 is 0 Å². The first-order valence-corrected chi connectivity index (χ1v) is 13.1. The van der Waals surface area contributed by atoms with E-state index in [-0.39, 0.29) is 23.9 Å². The fourth-order valence-corrected chi connectivity index (χ4v) is 5.66. The van der Waals surface area contributed by atoms with Crippen LogP contribution in [0.25, 0.3) is 16.6 Å². The van der Waals surface area contributed by atoms with Crippen LogP contribution in [-0.4, -0.2) is 51.0 Å². The third kappa shape index (κ3) is 5.08.